The SMILES string of the molecule is CC(C)(C)C(=O)NCc1ccc(C(=O)CSc2cc(F)ccc2F)s1. The van der Waals surface area contributed by atoms with Crippen LogP contribution in [0.1, 0.15) is 35.3 Å². The Morgan fingerprint density at radius 1 is 1.16 bits per heavy atom. The number of benzene rings is 1. The Labute approximate surface area is 153 Å². The fraction of sp³-hybridized carbons (Fsp3) is 0.333. The van der Waals surface area contributed by atoms with Gasteiger partial charge in [-0.2, -0.15) is 0 Å². The Morgan fingerprint density at radius 3 is 2.56 bits per heavy atom. The molecular formula is C18H19F2NO2S2. The van der Waals surface area contributed by atoms with Crippen LogP contribution in [0.3, 0.4) is 0 Å². The minimum absolute atomic E-state index is 0.0225. The fourth-order valence-electron chi connectivity index (χ4n) is 1.86. The minimum Gasteiger partial charge on any atom is -0.351 e. The normalized spacial score (nSPS) is 11.4. The molecule has 2 aromatic rings. The molecule has 0 spiro atoms. The van der Waals surface area contributed by atoms with Crippen LogP contribution in [0.2, 0.25) is 0 Å². The third kappa shape index (κ3) is 5.64. The number of thioether (sulfide) groups is 1. The van der Waals surface area contributed by atoms with E-state index in [-0.39, 0.29) is 22.3 Å². The Morgan fingerprint density at radius 2 is 1.88 bits per heavy atom. The predicted octanol–water partition coefficient (Wildman–Crippen LogP) is 4.66. The molecule has 1 aromatic carbocycles. The molecule has 0 aliphatic carbocycles. The Hall–Kier alpha value is -1.73. The molecule has 1 heterocycles. The third-order valence-corrected chi connectivity index (χ3v) is 5.45. The van der Waals surface area contributed by atoms with Crippen LogP contribution >= 0.6 is 23.1 Å². The number of thiophene rings is 1. The van der Waals surface area contributed by atoms with E-state index in [1.165, 1.54) is 11.3 Å². The molecule has 25 heavy (non-hydrogen) atoms. The molecule has 0 radical (unpaired) electrons. The first-order valence-corrected chi connectivity index (χ1v) is 9.45. The summed E-state index contributed by atoms with van der Waals surface area (Å²) in [7, 11) is 0. The quantitative estimate of drug-likeness (QED) is 0.583. The van der Waals surface area contributed by atoms with Crippen molar-refractivity contribution in [2.75, 3.05) is 5.75 Å². The average molecular weight is 383 g/mol. The van der Waals surface area contributed by atoms with Gasteiger partial charge in [0.15, 0.2) is 5.78 Å². The Balaban J connectivity index is 1.92. The molecule has 1 aromatic heterocycles. The first-order chi connectivity index (χ1) is 11.7. The molecule has 0 unspecified atom stereocenters. The van der Waals surface area contributed by atoms with Crippen LogP contribution in [0.15, 0.2) is 35.2 Å². The van der Waals surface area contributed by atoms with Crippen molar-refractivity contribution in [1.29, 1.82) is 0 Å². The lowest BCUT2D eigenvalue weighted by Gasteiger charge is -2.17. The van der Waals surface area contributed by atoms with Crippen molar-refractivity contribution in [3.8, 4) is 0 Å². The predicted molar refractivity (Wildman–Crippen MR) is 97.0 cm³/mol. The van der Waals surface area contributed by atoms with Crippen molar-refractivity contribution < 1.29 is 18.4 Å². The van der Waals surface area contributed by atoms with Gasteiger partial charge in [0.25, 0.3) is 0 Å². The number of amides is 1. The van der Waals surface area contributed by atoms with Crippen molar-refractivity contribution >= 4 is 34.8 Å². The van der Waals surface area contributed by atoms with Gasteiger partial charge < -0.3 is 5.32 Å². The standard InChI is InChI=1S/C18H19F2NO2S2/c1-18(2,3)17(23)21-9-12-5-7-15(25-12)14(22)10-24-16-8-11(19)4-6-13(16)20/h4-8H,9-10H2,1-3H3,(H,21,23). The summed E-state index contributed by atoms with van der Waals surface area (Å²) in [5.41, 5.74) is -0.471. The van der Waals surface area contributed by atoms with E-state index in [4.69, 9.17) is 0 Å². The van der Waals surface area contributed by atoms with Crippen molar-refractivity contribution in [2.24, 2.45) is 5.41 Å². The van der Waals surface area contributed by atoms with Crippen LogP contribution in [-0.4, -0.2) is 17.4 Å². The van der Waals surface area contributed by atoms with Gasteiger partial charge in [-0.15, -0.1) is 23.1 Å². The molecule has 3 nitrogen and oxygen atoms in total. The average Bonchev–Trinajstić information content (AvgIpc) is 3.01. The summed E-state index contributed by atoms with van der Waals surface area (Å²) in [5, 5.41) is 2.83. The van der Waals surface area contributed by atoms with Gasteiger partial charge in [0.1, 0.15) is 11.6 Å². The lowest BCUT2D eigenvalue weighted by Crippen LogP contribution is -2.34. The highest BCUT2D eigenvalue weighted by atomic mass is 32.2. The molecule has 0 aliphatic rings. The van der Waals surface area contributed by atoms with E-state index in [0.29, 0.717) is 11.4 Å². The number of halogens is 2. The van der Waals surface area contributed by atoms with Crippen LogP contribution in [0, 0.1) is 17.0 Å². The number of hydrogen-bond acceptors (Lipinski definition) is 4. The van der Waals surface area contributed by atoms with E-state index < -0.39 is 17.0 Å². The molecular weight excluding hydrogens is 364 g/mol. The van der Waals surface area contributed by atoms with Gasteiger partial charge in [-0.05, 0) is 30.3 Å². The second-order valence-corrected chi connectivity index (χ2v) is 8.67. The van der Waals surface area contributed by atoms with Crippen LogP contribution in [0.5, 0.6) is 0 Å². The topological polar surface area (TPSA) is 46.2 Å². The van der Waals surface area contributed by atoms with E-state index in [2.05, 4.69) is 5.32 Å². The van der Waals surface area contributed by atoms with Crippen molar-refractivity contribution in [3.05, 3.63) is 51.7 Å². The second-order valence-electron chi connectivity index (χ2n) is 6.49. The Kier molecular flexibility index (Phi) is 6.35. The third-order valence-electron chi connectivity index (χ3n) is 3.29. The second kappa shape index (κ2) is 8.10. The van der Waals surface area contributed by atoms with Crippen LogP contribution in [0.25, 0.3) is 0 Å². The smallest absolute Gasteiger partial charge is 0.225 e. The molecule has 1 amide bonds. The number of rotatable bonds is 6. The maximum absolute atomic E-state index is 13.6. The first kappa shape index (κ1) is 19.6. The van der Waals surface area contributed by atoms with E-state index in [9.17, 15) is 18.4 Å². The molecule has 0 saturated heterocycles. The molecule has 0 bridgehead atoms. The van der Waals surface area contributed by atoms with Gasteiger partial charge in [0.05, 0.1) is 17.2 Å². The first-order valence-electron chi connectivity index (χ1n) is 7.65. The fourth-order valence-corrected chi connectivity index (χ4v) is 3.68. The number of carbonyl (C=O) groups excluding carboxylic acids is 2. The summed E-state index contributed by atoms with van der Waals surface area (Å²) < 4.78 is 26.7. The van der Waals surface area contributed by atoms with Crippen molar-refractivity contribution in [3.63, 3.8) is 0 Å². The van der Waals surface area contributed by atoms with E-state index in [1.54, 1.807) is 12.1 Å². The number of hydrogen-bond donors (Lipinski definition) is 1. The van der Waals surface area contributed by atoms with Gasteiger partial charge in [0, 0.05) is 15.2 Å². The molecule has 7 heteroatoms. The molecule has 1 N–H and O–H groups in total. The summed E-state index contributed by atoms with van der Waals surface area (Å²) in [5.74, 6) is -1.28. The zero-order valence-corrected chi connectivity index (χ0v) is 15.8. The lowest BCUT2D eigenvalue weighted by molar-refractivity contribution is -0.128. The van der Waals surface area contributed by atoms with Crippen molar-refractivity contribution in [2.45, 2.75) is 32.2 Å². The van der Waals surface area contributed by atoms with E-state index in [1.807, 2.05) is 20.8 Å². The van der Waals surface area contributed by atoms with Crippen LogP contribution < -0.4 is 5.32 Å². The monoisotopic (exact) mass is 383 g/mol. The molecule has 0 atom stereocenters. The molecule has 0 fully saturated rings. The maximum atomic E-state index is 13.6. The molecule has 134 valence electrons. The maximum Gasteiger partial charge on any atom is 0.225 e. The summed E-state index contributed by atoms with van der Waals surface area (Å²) >= 11 is 2.26. The number of ketones is 1. The molecule has 0 aliphatic heterocycles. The highest BCUT2D eigenvalue weighted by molar-refractivity contribution is 8.00. The van der Waals surface area contributed by atoms with Crippen LogP contribution in [-0.2, 0) is 11.3 Å². The highest BCUT2D eigenvalue weighted by Gasteiger charge is 2.21. The van der Waals surface area contributed by atoms with Crippen LogP contribution in [0.4, 0.5) is 8.78 Å². The van der Waals surface area contributed by atoms with Gasteiger partial charge in [-0.1, -0.05) is 20.8 Å². The van der Waals surface area contributed by atoms with Gasteiger partial charge >= 0.3 is 0 Å². The minimum atomic E-state index is -0.545. The highest BCUT2D eigenvalue weighted by Crippen LogP contribution is 2.25. The molecule has 2 rings (SSSR count). The number of Topliss-reactive ketones (excluding diaryl/α,β-unsaturated/α-hetero) is 1. The Bertz CT molecular complexity index is 782. The number of carbonyl (C=O) groups is 2. The number of nitrogens with one attached hydrogen (secondary N) is 1. The van der Waals surface area contributed by atoms with Crippen molar-refractivity contribution in [1.82, 2.24) is 5.32 Å². The summed E-state index contributed by atoms with van der Waals surface area (Å²) in [6, 6.07) is 6.64. The lowest BCUT2D eigenvalue weighted by atomic mass is 9.96. The van der Waals surface area contributed by atoms with E-state index in [0.717, 1.165) is 34.8 Å². The van der Waals surface area contributed by atoms with Gasteiger partial charge in [-0.25, -0.2) is 8.78 Å². The summed E-state index contributed by atoms with van der Waals surface area (Å²) in [6.45, 7) is 5.84. The van der Waals surface area contributed by atoms with Gasteiger partial charge in [-0.3, -0.25) is 9.59 Å². The van der Waals surface area contributed by atoms with E-state index >= 15 is 0 Å². The molecule has 0 saturated carbocycles. The largest absolute Gasteiger partial charge is 0.351 e. The van der Waals surface area contributed by atoms with Gasteiger partial charge in [0.2, 0.25) is 5.91 Å². The zero-order valence-electron chi connectivity index (χ0n) is 14.2. The summed E-state index contributed by atoms with van der Waals surface area (Å²) in [6.07, 6.45) is 0. The summed E-state index contributed by atoms with van der Waals surface area (Å²) in [4.78, 5) is 25.6. The zero-order chi connectivity index (χ0) is 18.6.